The van der Waals surface area contributed by atoms with Crippen LogP contribution in [0, 0.1) is 18.3 Å². The third-order valence-corrected chi connectivity index (χ3v) is 4.31. The fourth-order valence-electron chi connectivity index (χ4n) is 2.17. The molecule has 0 aliphatic carbocycles. The van der Waals surface area contributed by atoms with Crippen molar-refractivity contribution in [2.45, 2.75) is 19.9 Å². The standard InChI is InChI=1S/C16H14Cl2N4O3/c1-9-10(8-19)15(24)22(6-3-7-23)16(25)14(9)21-20-12-5-2-4-11(17)13(12)18/h2,4-5,23-24H,3,6-7H2,1H3. The van der Waals surface area contributed by atoms with E-state index in [0.29, 0.717) is 5.02 Å². The van der Waals surface area contributed by atoms with Crippen LogP contribution in [0.25, 0.3) is 0 Å². The Labute approximate surface area is 153 Å². The molecule has 25 heavy (non-hydrogen) atoms. The molecule has 0 radical (unpaired) electrons. The number of hydrogen-bond donors (Lipinski definition) is 2. The first kappa shape index (κ1) is 18.9. The van der Waals surface area contributed by atoms with Gasteiger partial charge < -0.3 is 10.2 Å². The molecule has 0 unspecified atom stereocenters. The van der Waals surface area contributed by atoms with Gasteiger partial charge in [0.05, 0.1) is 10.0 Å². The van der Waals surface area contributed by atoms with Crippen molar-refractivity contribution in [3.05, 3.63) is 49.7 Å². The molecule has 1 aromatic carbocycles. The topological polar surface area (TPSA) is 111 Å². The molecule has 1 heterocycles. The summed E-state index contributed by atoms with van der Waals surface area (Å²) < 4.78 is 0.982. The van der Waals surface area contributed by atoms with Gasteiger partial charge in [0.25, 0.3) is 5.56 Å². The lowest BCUT2D eigenvalue weighted by Crippen LogP contribution is -2.22. The largest absolute Gasteiger partial charge is 0.493 e. The van der Waals surface area contributed by atoms with Gasteiger partial charge in [-0.05, 0) is 25.5 Å². The van der Waals surface area contributed by atoms with Crippen LogP contribution in [0.2, 0.25) is 10.0 Å². The van der Waals surface area contributed by atoms with E-state index in [1.807, 2.05) is 6.07 Å². The maximum absolute atomic E-state index is 12.6. The highest BCUT2D eigenvalue weighted by molar-refractivity contribution is 6.43. The fourth-order valence-corrected chi connectivity index (χ4v) is 2.50. The van der Waals surface area contributed by atoms with Crippen LogP contribution in [-0.4, -0.2) is 21.4 Å². The first-order valence-electron chi connectivity index (χ1n) is 7.25. The zero-order valence-corrected chi connectivity index (χ0v) is 14.7. The summed E-state index contributed by atoms with van der Waals surface area (Å²) in [5.74, 6) is -0.460. The molecule has 1 aromatic heterocycles. The molecular weight excluding hydrogens is 367 g/mol. The SMILES string of the molecule is Cc1c(C#N)c(O)n(CCCO)c(=O)c1N=Nc1cccc(Cl)c1Cl. The second-order valence-corrected chi connectivity index (χ2v) is 5.88. The third-order valence-electron chi connectivity index (χ3n) is 3.50. The van der Waals surface area contributed by atoms with E-state index in [9.17, 15) is 15.2 Å². The Balaban J connectivity index is 2.61. The van der Waals surface area contributed by atoms with Gasteiger partial charge in [0.15, 0.2) is 5.69 Å². The Kier molecular flexibility index (Phi) is 6.15. The van der Waals surface area contributed by atoms with Gasteiger partial charge in [0.1, 0.15) is 17.3 Å². The minimum atomic E-state index is -0.621. The van der Waals surface area contributed by atoms with Gasteiger partial charge in [-0.1, -0.05) is 29.3 Å². The van der Waals surface area contributed by atoms with Crippen molar-refractivity contribution in [2.24, 2.45) is 10.2 Å². The molecule has 0 aliphatic heterocycles. The predicted octanol–water partition coefficient (Wildman–Crippen LogP) is 3.84. The number of nitriles is 1. The lowest BCUT2D eigenvalue weighted by molar-refractivity contribution is 0.274. The summed E-state index contributed by atoms with van der Waals surface area (Å²) in [6, 6.07) is 6.64. The highest BCUT2D eigenvalue weighted by atomic mass is 35.5. The summed E-state index contributed by atoms with van der Waals surface area (Å²) in [7, 11) is 0. The third kappa shape index (κ3) is 3.82. The average Bonchev–Trinajstić information content (AvgIpc) is 2.58. The van der Waals surface area contributed by atoms with Crippen LogP contribution in [0.3, 0.4) is 0 Å². The van der Waals surface area contributed by atoms with Crippen LogP contribution in [0.15, 0.2) is 33.2 Å². The van der Waals surface area contributed by atoms with E-state index in [-0.39, 0.29) is 47.1 Å². The number of benzene rings is 1. The molecule has 0 fully saturated rings. The smallest absolute Gasteiger partial charge is 0.281 e. The number of aromatic hydroxyl groups is 1. The summed E-state index contributed by atoms with van der Waals surface area (Å²) in [6.07, 6.45) is 0.234. The number of halogens is 2. The van der Waals surface area contributed by atoms with Crippen molar-refractivity contribution < 1.29 is 10.2 Å². The predicted molar refractivity (Wildman–Crippen MR) is 94.2 cm³/mol. The summed E-state index contributed by atoms with van der Waals surface area (Å²) in [5.41, 5.74) is -0.329. The number of azo groups is 1. The van der Waals surface area contributed by atoms with Crippen LogP contribution in [0.4, 0.5) is 11.4 Å². The van der Waals surface area contributed by atoms with Gasteiger partial charge in [-0.25, -0.2) is 0 Å². The number of aliphatic hydroxyl groups is 1. The number of aliphatic hydroxyl groups excluding tert-OH is 1. The van der Waals surface area contributed by atoms with Crippen molar-refractivity contribution in [3.8, 4) is 11.9 Å². The lowest BCUT2D eigenvalue weighted by Gasteiger charge is -2.12. The zero-order chi connectivity index (χ0) is 18.6. The molecule has 0 saturated carbocycles. The minimum absolute atomic E-state index is 0.0383. The summed E-state index contributed by atoms with van der Waals surface area (Å²) in [6.45, 7) is 1.36. The van der Waals surface area contributed by atoms with Gasteiger partial charge in [0, 0.05) is 18.7 Å². The van der Waals surface area contributed by atoms with Crippen molar-refractivity contribution in [1.29, 1.82) is 5.26 Å². The Morgan fingerprint density at radius 2 is 2.04 bits per heavy atom. The normalized spacial score (nSPS) is 11.0. The molecule has 7 nitrogen and oxygen atoms in total. The van der Waals surface area contributed by atoms with Crippen LogP contribution < -0.4 is 5.56 Å². The first-order chi connectivity index (χ1) is 11.9. The second kappa shape index (κ2) is 8.12. The molecule has 0 spiro atoms. The molecule has 9 heteroatoms. The quantitative estimate of drug-likeness (QED) is 0.767. The molecular formula is C16H14Cl2N4O3. The molecule has 130 valence electrons. The number of rotatable bonds is 5. The molecule has 0 aliphatic rings. The van der Waals surface area contributed by atoms with E-state index in [4.69, 9.17) is 28.3 Å². The molecule has 2 aromatic rings. The van der Waals surface area contributed by atoms with Crippen LogP contribution >= 0.6 is 23.2 Å². The molecule has 0 amide bonds. The Bertz CT molecular complexity index is 932. The first-order valence-corrected chi connectivity index (χ1v) is 8.01. The Morgan fingerprint density at radius 3 is 2.68 bits per heavy atom. The maximum Gasteiger partial charge on any atom is 0.281 e. The van der Waals surface area contributed by atoms with Gasteiger partial charge in [-0.3, -0.25) is 9.36 Å². The Hall–Kier alpha value is -2.40. The molecule has 0 saturated heterocycles. The zero-order valence-electron chi connectivity index (χ0n) is 13.2. The summed E-state index contributed by atoms with van der Waals surface area (Å²) in [4.78, 5) is 12.6. The fraction of sp³-hybridized carbons (Fsp3) is 0.250. The summed E-state index contributed by atoms with van der Waals surface area (Å²) >= 11 is 11.9. The number of nitrogens with zero attached hydrogens (tertiary/aromatic N) is 4. The highest BCUT2D eigenvalue weighted by Gasteiger charge is 2.19. The van der Waals surface area contributed by atoms with E-state index in [2.05, 4.69) is 10.2 Å². The van der Waals surface area contributed by atoms with Crippen LogP contribution in [-0.2, 0) is 6.54 Å². The van der Waals surface area contributed by atoms with Crippen LogP contribution in [0.5, 0.6) is 5.88 Å². The molecule has 2 rings (SSSR count). The van der Waals surface area contributed by atoms with E-state index < -0.39 is 11.4 Å². The van der Waals surface area contributed by atoms with Crippen molar-refractivity contribution in [3.63, 3.8) is 0 Å². The van der Waals surface area contributed by atoms with Crippen molar-refractivity contribution in [2.75, 3.05) is 6.61 Å². The molecule has 2 N–H and O–H groups in total. The van der Waals surface area contributed by atoms with E-state index in [1.165, 1.54) is 6.92 Å². The average molecular weight is 381 g/mol. The van der Waals surface area contributed by atoms with Gasteiger partial charge in [-0.15, -0.1) is 10.2 Å². The highest BCUT2D eigenvalue weighted by Crippen LogP contribution is 2.33. The van der Waals surface area contributed by atoms with Gasteiger partial charge >= 0.3 is 0 Å². The van der Waals surface area contributed by atoms with Crippen molar-refractivity contribution >= 4 is 34.6 Å². The van der Waals surface area contributed by atoms with E-state index >= 15 is 0 Å². The van der Waals surface area contributed by atoms with E-state index in [1.54, 1.807) is 18.2 Å². The molecule has 0 bridgehead atoms. The number of hydrogen-bond acceptors (Lipinski definition) is 6. The van der Waals surface area contributed by atoms with Gasteiger partial charge in [0.2, 0.25) is 5.88 Å². The minimum Gasteiger partial charge on any atom is -0.493 e. The molecule has 0 atom stereocenters. The van der Waals surface area contributed by atoms with Crippen LogP contribution in [0.1, 0.15) is 17.5 Å². The number of aromatic nitrogens is 1. The Morgan fingerprint density at radius 1 is 1.32 bits per heavy atom. The second-order valence-electron chi connectivity index (χ2n) is 5.09. The monoisotopic (exact) mass is 380 g/mol. The maximum atomic E-state index is 12.6. The van der Waals surface area contributed by atoms with Gasteiger partial charge in [-0.2, -0.15) is 5.26 Å². The lowest BCUT2D eigenvalue weighted by atomic mass is 10.1. The van der Waals surface area contributed by atoms with E-state index in [0.717, 1.165) is 4.57 Å². The summed E-state index contributed by atoms with van der Waals surface area (Å²) in [5, 5.41) is 36.6. The van der Waals surface area contributed by atoms with Crippen molar-refractivity contribution in [1.82, 2.24) is 4.57 Å². The number of pyridine rings is 1.